The van der Waals surface area contributed by atoms with Crippen LogP contribution < -0.4 is 4.90 Å². The average Bonchev–Trinajstić information content (AvgIpc) is 2.80. The van der Waals surface area contributed by atoms with E-state index in [2.05, 4.69) is 110 Å². The van der Waals surface area contributed by atoms with Crippen LogP contribution in [-0.2, 0) is 0 Å². The number of fused-ring (bicyclic) bond motifs is 1. The van der Waals surface area contributed by atoms with Crippen molar-refractivity contribution in [3.8, 4) is 11.1 Å². The first-order valence-corrected chi connectivity index (χ1v) is 10.6. The summed E-state index contributed by atoms with van der Waals surface area (Å²) in [5.41, 5.74) is 9.11. The van der Waals surface area contributed by atoms with Gasteiger partial charge in [-0.15, -0.1) is 0 Å². The van der Waals surface area contributed by atoms with Gasteiger partial charge in [0.05, 0.1) is 0 Å². The van der Waals surface area contributed by atoms with Gasteiger partial charge in [0.15, 0.2) is 0 Å². The van der Waals surface area contributed by atoms with Crippen molar-refractivity contribution in [1.82, 2.24) is 0 Å². The van der Waals surface area contributed by atoms with E-state index in [9.17, 15) is 0 Å². The molecule has 2 atom stereocenters. The zero-order valence-electron chi connectivity index (χ0n) is 17.2. The normalized spacial score (nSPS) is 19.9. The Bertz CT molecular complexity index is 1050. The lowest BCUT2D eigenvalue weighted by Gasteiger charge is -2.31. The minimum absolute atomic E-state index is 0.609. The van der Waals surface area contributed by atoms with Gasteiger partial charge >= 0.3 is 0 Å². The van der Waals surface area contributed by atoms with E-state index in [1.807, 2.05) is 0 Å². The molecule has 6 rings (SSSR count). The highest BCUT2D eigenvalue weighted by atomic mass is 15.1. The fourth-order valence-electron chi connectivity index (χ4n) is 4.55. The van der Waals surface area contributed by atoms with E-state index in [-0.39, 0.29) is 0 Å². The van der Waals surface area contributed by atoms with Crippen molar-refractivity contribution in [3.63, 3.8) is 0 Å². The Morgan fingerprint density at radius 2 is 1.21 bits per heavy atom. The molecule has 144 valence electrons. The summed E-state index contributed by atoms with van der Waals surface area (Å²) in [5, 5.41) is 0. The smallest absolute Gasteiger partial charge is 0.0408 e. The highest BCUT2D eigenvalue weighted by molar-refractivity contribution is 5.74. The molecule has 3 aromatic rings. The maximum absolute atomic E-state index is 2.47. The van der Waals surface area contributed by atoms with Crippen LogP contribution in [0.25, 0.3) is 16.7 Å². The molecule has 0 amide bonds. The van der Waals surface area contributed by atoms with Crippen LogP contribution in [0.1, 0.15) is 24.0 Å². The average molecular weight is 378 g/mol. The molecule has 29 heavy (non-hydrogen) atoms. The van der Waals surface area contributed by atoms with Crippen molar-refractivity contribution in [2.75, 3.05) is 11.9 Å². The monoisotopic (exact) mass is 377 g/mol. The van der Waals surface area contributed by atoms with Gasteiger partial charge in [0, 0.05) is 24.3 Å². The predicted octanol–water partition coefficient (Wildman–Crippen LogP) is 7.41. The van der Waals surface area contributed by atoms with Crippen LogP contribution in [-0.4, -0.2) is 7.05 Å². The number of nitrogens with zero attached hydrogens (tertiary/aromatic N) is 1. The molecule has 0 spiro atoms. The van der Waals surface area contributed by atoms with Gasteiger partial charge in [-0.2, -0.15) is 0 Å². The fourth-order valence-corrected chi connectivity index (χ4v) is 4.55. The lowest BCUT2D eigenvalue weighted by molar-refractivity contribution is 0.543. The highest BCUT2D eigenvalue weighted by Gasteiger charge is 2.25. The minimum atomic E-state index is 0.609. The molecule has 0 aliphatic heterocycles. The third kappa shape index (κ3) is 3.53. The van der Waals surface area contributed by atoms with E-state index in [0.717, 1.165) is 0 Å². The quantitative estimate of drug-likeness (QED) is 0.428. The van der Waals surface area contributed by atoms with Crippen LogP contribution in [0, 0.1) is 18.8 Å². The number of benzene rings is 3. The minimum Gasteiger partial charge on any atom is -0.345 e. The maximum atomic E-state index is 2.47. The third-order valence-electron chi connectivity index (χ3n) is 6.42. The van der Waals surface area contributed by atoms with E-state index in [4.69, 9.17) is 0 Å². The van der Waals surface area contributed by atoms with Gasteiger partial charge in [0.2, 0.25) is 0 Å². The van der Waals surface area contributed by atoms with Crippen LogP contribution >= 0.6 is 0 Å². The van der Waals surface area contributed by atoms with Gasteiger partial charge < -0.3 is 4.90 Å². The molecule has 0 N–H and O–H groups in total. The summed E-state index contributed by atoms with van der Waals surface area (Å²) in [5.74, 6) is 1.25. The number of hydrogen-bond donors (Lipinski definition) is 0. The summed E-state index contributed by atoms with van der Waals surface area (Å²) < 4.78 is 0. The number of anilines is 2. The van der Waals surface area contributed by atoms with Gasteiger partial charge in [0.1, 0.15) is 0 Å². The molecular weight excluding hydrogens is 350 g/mol. The first kappa shape index (κ1) is 18.0. The van der Waals surface area contributed by atoms with E-state index >= 15 is 0 Å². The zero-order valence-corrected chi connectivity index (χ0v) is 17.2. The first-order chi connectivity index (χ1) is 14.2. The molecular formula is C28H27N. The Morgan fingerprint density at radius 1 is 0.655 bits per heavy atom. The SMILES string of the molecule is Cc1ccc(-c2ccc(N(C)c3ccc(C4=CC5C=CC4CC5)cc3)cc2)cc1. The predicted molar refractivity (Wildman–Crippen MR) is 124 cm³/mol. The van der Waals surface area contributed by atoms with Crippen LogP contribution in [0.2, 0.25) is 0 Å². The summed E-state index contributed by atoms with van der Waals surface area (Å²) >= 11 is 0. The molecule has 0 saturated heterocycles. The number of hydrogen-bond acceptors (Lipinski definition) is 1. The maximum Gasteiger partial charge on any atom is 0.0408 e. The van der Waals surface area contributed by atoms with E-state index < -0.39 is 0 Å². The molecule has 0 fully saturated rings. The Morgan fingerprint density at radius 3 is 1.69 bits per heavy atom. The zero-order chi connectivity index (χ0) is 19.8. The molecule has 0 radical (unpaired) electrons. The Labute approximate surface area is 174 Å². The molecule has 0 saturated carbocycles. The second kappa shape index (κ2) is 7.40. The van der Waals surface area contributed by atoms with Crippen molar-refractivity contribution in [2.45, 2.75) is 19.8 Å². The molecule has 3 aromatic carbocycles. The van der Waals surface area contributed by atoms with Gasteiger partial charge in [-0.3, -0.25) is 0 Å². The van der Waals surface area contributed by atoms with Crippen LogP contribution in [0.4, 0.5) is 11.4 Å². The second-order valence-corrected chi connectivity index (χ2v) is 8.37. The summed E-state index contributed by atoms with van der Waals surface area (Å²) in [6, 6.07) is 26.6. The molecule has 3 aliphatic rings. The molecule has 1 heteroatoms. The van der Waals surface area contributed by atoms with Gasteiger partial charge in [-0.1, -0.05) is 72.3 Å². The Balaban J connectivity index is 1.34. The van der Waals surface area contributed by atoms with Gasteiger partial charge in [-0.25, -0.2) is 0 Å². The first-order valence-electron chi connectivity index (χ1n) is 10.6. The largest absolute Gasteiger partial charge is 0.345 e. The summed E-state index contributed by atoms with van der Waals surface area (Å²) in [6.45, 7) is 2.12. The van der Waals surface area contributed by atoms with Crippen molar-refractivity contribution in [1.29, 1.82) is 0 Å². The Hall–Kier alpha value is -3.06. The van der Waals surface area contributed by atoms with Crippen molar-refractivity contribution < 1.29 is 0 Å². The summed E-state index contributed by atoms with van der Waals surface area (Å²) in [6.07, 6.45) is 9.85. The van der Waals surface area contributed by atoms with E-state index in [0.29, 0.717) is 11.8 Å². The molecule has 0 aromatic heterocycles. The lowest BCUT2D eigenvalue weighted by Crippen LogP contribution is -2.16. The topological polar surface area (TPSA) is 3.24 Å². The molecule has 3 aliphatic carbocycles. The van der Waals surface area contributed by atoms with Gasteiger partial charge in [0.25, 0.3) is 0 Å². The third-order valence-corrected chi connectivity index (χ3v) is 6.42. The number of rotatable bonds is 4. The van der Waals surface area contributed by atoms with Gasteiger partial charge in [-0.05, 0) is 72.2 Å². The molecule has 1 nitrogen and oxygen atoms in total. The summed E-state index contributed by atoms with van der Waals surface area (Å²) in [7, 11) is 2.14. The Kier molecular flexibility index (Phi) is 4.60. The van der Waals surface area contributed by atoms with E-state index in [1.165, 1.54) is 52.0 Å². The number of allylic oxidation sites excluding steroid dienone is 4. The second-order valence-electron chi connectivity index (χ2n) is 8.37. The standard InChI is InChI=1S/C28H27N/c1-20-3-7-22(8-4-20)23-11-15-26(16-12-23)29(2)27-17-13-25(14-18-27)28-19-21-5-9-24(28)10-6-21/h3-5,7-9,11-19,21,24H,6,10H2,1-2H3. The van der Waals surface area contributed by atoms with Crippen molar-refractivity contribution in [2.24, 2.45) is 11.8 Å². The summed E-state index contributed by atoms with van der Waals surface area (Å²) in [4.78, 5) is 2.25. The molecule has 0 heterocycles. The van der Waals surface area contributed by atoms with Crippen LogP contribution in [0.15, 0.2) is 91.0 Å². The van der Waals surface area contributed by atoms with Crippen LogP contribution in [0.3, 0.4) is 0 Å². The van der Waals surface area contributed by atoms with Crippen molar-refractivity contribution in [3.05, 3.63) is 102 Å². The van der Waals surface area contributed by atoms with Crippen molar-refractivity contribution >= 4 is 16.9 Å². The molecule has 2 bridgehead atoms. The highest BCUT2D eigenvalue weighted by Crippen LogP contribution is 2.41. The molecule has 2 unspecified atom stereocenters. The van der Waals surface area contributed by atoms with E-state index in [1.54, 1.807) is 0 Å². The lowest BCUT2D eigenvalue weighted by atomic mass is 9.74. The number of aryl methyl sites for hydroxylation is 1. The van der Waals surface area contributed by atoms with Crippen LogP contribution in [0.5, 0.6) is 0 Å². The fraction of sp³-hybridized carbons (Fsp3) is 0.214.